The lowest BCUT2D eigenvalue weighted by Crippen LogP contribution is -2.25. The number of nitrogens with zero attached hydrogens (tertiary/aromatic N) is 2. The van der Waals surface area contributed by atoms with E-state index in [4.69, 9.17) is 28.0 Å². The number of carbonyl (C=O) groups excluding carboxylic acids is 1. The van der Waals surface area contributed by atoms with Crippen LogP contribution in [-0.4, -0.2) is 11.6 Å². The first-order valence-corrected chi connectivity index (χ1v) is 9.03. The predicted octanol–water partition coefficient (Wildman–Crippen LogP) is 5.59. The summed E-state index contributed by atoms with van der Waals surface area (Å²) in [5.41, 5.74) is 3.39. The van der Waals surface area contributed by atoms with Crippen molar-refractivity contribution in [3.63, 3.8) is 0 Å². The molecule has 1 aliphatic heterocycles. The quantitative estimate of drug-likeness (QED) is 0.539. The Hall–Kier alpha value is -2.82. The summed E-state index contributed by atoms with van der Waals surface area (Å²) in [5.74, 6) is -0.225. The van der Waals surface area contributed by atoms with E-state index in [1.807, 2.05) is 54.6 Å². The fraction of sp³-hybridized carbons (Fsp3) is 0.0476. The molecule has 0 saturated carbocycles. The Bertz CT molecular complexity index is 1040. The minimum Gasteiger partial charge on any atom is -0.390 e. The van der Waals surface area contributed by atoms with Gasteiger partial charge in [0.05, 0.1) is 15.7 Å². The van der Waals surface area contributed by atoms with Crippen molar-refractivity contribution in [2.24, 2.45) is 5.16 Å². The summed E-state index contributed by atoms with van der Waals surface area (Å²) in [4.78, 5) is 20.1. The second-order valence-electron chi connectivity index (χ2n) is 5.96. The Balaban J connectivity index is 1.62. The number of hydrogen-bond acceptors (Lipinski definition) is 3. The zero-order chi connectivity index (χ0) is 18.8. The van der Waals surface area contributed by atoms with Crippen LogP contribution in [0, 0.1) is 0 Å². The minimum atomic E-state index is -0.225. The van der Waals surface area contributed by atoms with E-state index in [0.717, 1.165) is 22.5 Å². The van der Waals surface area contributed by atoms with Gasteiger partial charge in [-0.2, -0.15) is 0 Å². The Morgan fingerprint density at radius 2 is 1.63 bits per heavy atom. The first-order valence-electron chi connectivity index (χ1n) is 8.28. The molecule has 0 atom stereocenters. The molecule has 3 aromatic carbocycles. The van der Waals surface area contributed by atoms with Gasteiger partial charge in [-0.15, -0.1) is 0 Å². The predicted molar refractivity (Wildman–Crippen MR) is 108 cm³/mol. The fourth-order valence-electron chi connectivity index (χ4n) is 2.92. The molecule has 0 saturated heterocycles. The highest BCUT2D eigenvalue weighted by atomic mass is 35.5. The highest BCUT2D eigenvalue weighted by molar-refractivity contribution is 6.55. The third-order valence-corrected chi connectivity index (χ3v) is 4.93. The highest BCUT2D eigenvalue weighted by Crippen LogP contribution is 2.35. The van der Waals surface area contributed by atoms with E-state index in [2.05, 4.69) is 5.16 Å². The molecule has 0 N–H and O–H groups in total. The average Bonchev–Trinajstić information content (AvgIpc) is 2.97. The second-order valence-corrected chi connectivity index (χ2v) is 6.77. The summed E-state index contributed by atoms with van der Waals surface area (Å²) < 4.78 is 0. The molecule has 4 rings (SSSR count). The lowest BCUT2D eigenvalue weighted by molar-refractivity contribution is -0.111. The van der Waals surface area contributed by atoms with E-state index in [1.54, 1.807) is 23.1 Å². The number of carbonyl (C=O) groups is 1. The van der Waals surface area contributed by atoms with Gasteiger partial charge in [-0.05, 0) is 35.9 Å². The maximum Gasteiger partial charge on any atom is 0.285 e. The number of anilines is 2. The van der Waals surface area contributed by atoms with Gasteiger partial charge in [0.1, 0.15) is 6.61 Å². The van der Waals surface area contributed by atoms with Crippen LogP contribution in [0.25, 0.3) is 0 Å². The molecule has 0 unspecified atom stereocenters. The number of amides is 1. The number of halogens is 2. The third-order valence-electron chi connectivity index (χ3n) is 4.19. The van der Waals surface area contributed by atoms with Gasteiger partial charge in [0.2, 0.25) is 0 Å². The number of para-hydroxylation sites is 2. The second kappa shape index (κ2) is 7.43. The molecular weight excluding hydrogens is 383 g/mol. The van der Waals surface area contributed by atoms with E-state index in [1.165, 1.54) is 0 Å². The van der Waals surface area contributed by atoms with Crippen LogP contribution in [0.2, 0.25) is 10.0 Å². The monoisotopic (exact) mass is 396 g/mol. The van der Waals surface area contributed by atoms with Gasteiger partial charge >= 0.3 is 0 Å². The average molecular weight is 397 g/mol. The van der Waals surface area contributed by atoms with E-state index >= 15 is 0 Å². The van der Waals surface area contributed by atoms with E-state index < -0.39 is 0 Å². The number of oxime groups is 1. The molecule has 0 aromatic heterocycles. The number of benzene rings is 3. The molecule has 6 heteroatoms. The molecule has 0 aliphatic carbocycles. The molecule has 1 amide bonds. The zero-order valence-corrected chi connectivity index (χ0v) is 15.6. The van der Waals surface area contributed by atoms with E-state index in [-0.39, 0.29) is 18.2 Å². The Morgan fingerprint density at radius 3 is 2.41 bits per heavy atom. The van der Waals surface area contributed by atoms with Gasteiger partial charge in [-0.1, -0.05) is 70.8 Å². The topological polar surface area (TPSA) is 41.9 Å². The van der Waals surface area contributed by atoms with Gasteiger partial charge in [0.15, 0.2) is 5.71 Å². The molecule has 4 nitrogen and oxygen atoms in total. The van der Waals surface area contributed by atoms with Crippen LogP contribution in [0.3, 0.4) is 0 Å². The highest BCUT2D eigenvalue weighted by Gasteiger charge is 2.35. The van der Waals surface area contributed by atoms with Gasteiger partial charge in [0, 0.05) is 11.3 Å². The molecular formula is C21H14Cl2N2O2. The van der Waals surface area contributed by atoms with Crippen LogP contribution < -0.4 is 4.90 Å². The Morgan fingerprint density at radius 1 is 0.889 bits per heavy atom. The van der Waals surface area contributed by atoms with Crippen LogP contribution >= 0.6 is 23.2 Å². The first kappa shape index (κ1) is 17.6. The molecule has 1 aliphatic rings. The van der Waals surface area contributed by atoms with Crippen LogP contribution in [0.15, 0.2) is 78.0 Å². The largest absolute Gasteiger partial charge is 0.390 e. The van der Waals surface area contributed by atoms with Crippen LogP contribution in [0.4, 0.5) is 11.4 Å². The van der Waals surface area contributed by atoms with Crippen molar-refractivity contribution in [3.8, 4) is 0 Å². The fourth-order valence-corrected chi connectivity index (χ4v) is 3.24. The third kappa shape index (κ3) is 3.42. The smallest absolute Gasteiger partial charge is 0.285 e. The minimum absolute atomic E-state index is 0.182. The van der Waals surface area contributed by atoms with E-state index in [0.29, 0.717) is 10.0 Å². The molecule has 0 radical (unpaired) electrons. The van der Waals surface area contributed by atoms with Gasteiger partial charge in [-0.25, -0.2) is 0 Å². The summed E-state index contributed by atoms with van der Waals surface area (Å²) in [6.07, 6.45) is 0. The summed E-state index contributed by atoms with van der Waals surface area (Å²) in [6, 6.07) is 22.2. The Labute approximate surface area is 166 Å². The Kier molecular flexibility index (Phi) is 4.84. The van der Waals surface area contributed by atoms with Crippen LogP contribution in [0.5, 0.6) is 0 Å². The first-order chi connectivity index (χ1) is 13.1. The lowest BCUT2D eigenvalue weighted by Gasteiger charge is -2.16. The van der Waals surface area contributed by atoms with Crippen molar-refractivity contribution in [2.45, 2.75) is 6.61 Å². The van der Waals surface area contributed by atoms with Gasteiger partial charge in [-0.3, -0.25) is 9.69 Å². The van der Waals surface area contributed by atoms with Crippen molar-refractivity contribution in [3.05, 3.63) is 94.0 Å². The molecule has 0 fully saturated rings. The summed E-state index contributed by atoms with van der Waals surface area (Å²) >= 11 is 11.9. The van der Waals surface area contributed by atoms with Crippen molar-refractivity contribution in [1.29, 1.82) is 0 Å². The molecule has 27 heavy (non-hydrogen) atoms. The van der Waals surface area contributed by atoms with E-state index in [9.17, 15) is 4.79 Å². The number of fused-ring (bicyclic) bond motifs is 1. The normalized spacial score (nSPS) is 14.5. The van der Waals surface area contributed by atoms with Crippen LogP contribution in [0.1, 0.15) is 11.1 Å². The van der Waals surface area contributed by atoms with Gasteiger partial charge in [0.25, 0.3) is 5.91 Å². The number of rotatable bonds is 4. The summed E-state index contributed by atoms with van der Waals surface area (Å²) in [7, 11) is 0. The molecule has 3 aromatic rings. The molecule has 1 heterocycles. The molecule has 134 valence electrons. The SMILES string of the molecule is O=C1C(=NOCc2ccc(Cl)c(Cl)c2)c2ccccc2N1c1ccccc1. The van der Waals surface area contributed by atoms with Crippen molar-refractivity contribution >= 4 is 46.2 Å². The molecule has 0 bridgehead atoms. The maximum absolute atomic E-state index is 13.0. The zero-order valence-electron chi connectivity index (χ0n) is 14.1. The maximum atomic E-state index is 13.0. The standard InChI is InChI=1S/C21H14Cl2N2O2/c22-17-11-10-14(12-18(17)23)13-27-24-20-16-8-4-5-9-19(16)25(21(20)26)15-6-2-1-3-7-15/h1-12H,13H2. The van der Waals surface area contributed by atoms with Crippen LogP contribution in [-0.2, 0) is 16.2 Å². The number of hydrogen-bond donors (Lipinski definition) is 0. The molecule has 0 spiro atoms. The summed E-state index contributed by atoms with van der Waals surface area (Å²) in [6.45, 7) is 0.182. The van der Waals surface area contributed by atoms with Crippen molar-refractivity contribution < 1.29 is 9.63 Å². The lowest BCUT2D eigenvalue weighted by atomic mass is 10.1. The van der Waals surface area contributed by atoms with Crippen molar-refractivity contribution in [1.82, 2.24) is 0 Å². The summed E-state index contributed by atoms with van der Waals surface area (Å²) in [5, 5.41) is 5.04. The van der Waals surface area contributed by atoms with Gasteiger partial charge < -0.3 is 4.84 Å². The van der Waals surface area contributed by atoms with Crippen molar-refractivity contribution in [2.75, 3.05) is 4.90 Å².